The monoisotopic (exact) mass is 285 g/mol. The van der Waals surface area contributed by atoms with Crippen molar-refractivity contribution >= 4 is 22.7 Å². The van der Waals surface area contributed by atoms with E-state index in [0.29, 0.717) is 12.1 Å². The molecule has 5 nitrogen and oxygen atoms in total. The van der Waals surface area contributed by atoms with Crippen molar-refractivity contribution in [1.29, 1.82) is 0 Å². The quantitative estimate of drug-likeness (QED) is 0.900. The molecule has 0 bridgehead atoms. The van der Waals surface area contributed by atoms with E-state index < -0.39 is 0 Å². The van der Waals surface area contributed by atoms with Gasteiger partial charge in [0.05, 0.1) is 11.1 Å². The molecule has 0 radical (unpaired) electrons. The Morgan fingerprint density at radius 2 is 2.05 bits per heavy atom. The van der Waals surface area contributed by atoms with E-state index in [1.165, 1.54) is 6.92 Å². The summed E-state index contributed by atoms with van der Waals surface area (Å²) in [6, 6.07) is 7.50. The Bertz CT molecular complexity index is 682. The summed E-state index contributed by atoms with van der Waals surface area (Å²) in [7, 11) is 1.61. The minimum atomic E-state index is -0.130. The number of carbonyl (C=O) groups excluding carboxylic acids is 2. The average Bonchev–Trinajstić information content (AvgIpc) is 2.50. The van der Waals surface area contributed by atoms with Gasteiger partial charge in [0, 0.05) is 38.0 Å². The molecule has 0 aliphatic heterocycles. The number of benzene rings is 1. The summed E-state index contributed by atoms with van der Waals surface area (Å²) >= 11 is 0. The zero-order chi connectivity index (χ0) is 15.4. The Morgan fingerprint density at radius 1 is 1.29 bits per heavy atom. The molecule has 0 fully saturated rings. The first-order valence-corrected chi connectivity index (χ1v) is 6.88. The van der Waals surface area contributed by atoms with Crippen LogP contribution in [0.25, 0.3) is 10.9 Å². The van der Waals surface area contributed by atoms with Crippen molar-refractivity contribution in [3.63, 3.8) is 0 Å². The second-order valence-corrected chi connectivity index (χ2v) is 5.02. The summed E-state index contributed by atoms with van der Waals surface area (Å²) in [5.74, 6) is -0.0693. The topological polar surface area (TPSA) is 71.1 Å². The van der Waals surface area contributed by atoms with Crippen molar-refractivity contribution in [2.75, 3.05) is 13.6 Å². The number of amides is 2. The number of hydrogen-bond acceptors (Lipinski definition) is 3. The van der Waals surface area contributed by atoms with E-state index in [2.05, 4.69) is 15.6 Å². The number of fused-ring (bicyclic) bond motifs is 1. The van der Waals surface area contributed by atoms with Crippen molar-refractivity contribution in [1.82, 2.24) is 15.6 Å². The lowest BCUT2D eigenvalue weighted by molar-refractivity contribution is -0.119. The molecule has 1 atom stereocenters. The summed E-state index contributed by atoms with van der Waals surface area (Å²) < 4.78 is 0. The SMILES string of the molecule is CNC(=O)c1ccnc2c(C(C)CNC(C)=O)cccc12. The van der Waals surface area contributed by atoms with Crippen molar-refractivity contribution in [3.05, 3.63) is 41.6 Å². The molecule has 2 rings (SSSR count). The second kappa shape index (κ2) is 6.35. The summed E-state index contributed by atoms with van der Waals surface area (Å²) in [4.78, 5) is 27.4. The second-order valence-electron chi connectivity index (χ2n) is 5.02. The highest BCUT2D eigenvalue weighted by Gasteiger charge is 2.14. The van der Waals surface area contributed by atoms with E-state index >= 15 is 0 Å². The molecule has 2 amide bonds. The summed E-state index contributed by atoms with van der Waals surface area (Å²) in [6.07, 6.45) is 1.64. The third-order valence-electron chi connectivity index (χ3n) is 3.46. The van der Waals surface area contributed by atoms with Crippen LogP contribution < -0.4 is 10.6 Å². The van der Waals surface area contributed by atoms with E-state index in [1.54, 1.807) is 19.3 Å². The zero-order valence-electron chi connectivity index (χ0n) is 12.4. The Kier molecular flexibility index (Phi) is 4.52. The predicted octanol–water partition coefficient (Wildman–Crippen LogP) is 1.83. The molecule has 1 aromatic carbocycles. The maximum atomic E-state index is 11.9. The first kappa shape index (κ1) is 15.0. The molecule has 0 saturated heterocycles. The van der Waals surface area contributed by atoms with Crippen molar-refractivity contribution < 1.29 is 9.59 Å². The standard InChI is InChI=1S/C16H19N3O2/c1-10(9-19-11(2)20)12-5-4-6-13-14(16(21)17-3)7-8-18-15(12)13/h4-8,10H,9H2,1-3H3,(H,17,21)(H,19,20). The largest absolute Gasteiger partial charge is 0.356 e. The maximum Gasteiger partial charge on any atom is 0.251 e. The average molecular weight is 285 g/mol. The van der Waals surface area contributed by atoms with Crippen LogP contribution in [-0.4, -0.2) is 30.4 Å². The third-order valence-corrected chi connectivity index (χ3v) is 3.46. The van der Waals surface area contributed by atoms with Gasteiger partial charge in [-0.15, -0.1) is 0 Å². The Morgan fingerprint density at radius 3 is 2.71 bits per heavy atom. The minimum absolute atomic E-state index is 0.0545. The summed E-state index contributed by atoms with van der Waals surface area (Å²) in [5, 5.41) is 6.27. The Hall–Kier alpha value is -2.43. The smallest absolute Gasteiger partial charge is 0.251 e. The molecule has 21 heavy (non-hydrogen) atoms. The molecule has 1 aromatic heterocycles. The van der Waals surface area contributed by atoms with Crippen LogP contribution in [0.1, 0.15) is 35.7 Å². The van der Waals surface area contributed by atoms with E-state index in [9.17, 15) is 9.59 Å². The predicted molar refractivity (Wildman–Crippen MR) is 82.2 cm³/mol. The Balaban J connectivity index is 2.46. The molecule has 1 unspecified atom stereocenters. The van der Waals surface area contributed by atoms with Gasteiger partial charge >= 0.3 is 0 Å². The van der Waals surface area contributed by atoms with Crippen LogP contribution in [0.2, 0.25) is 0 Å². The zero-order valence-corrected chi connectivity index (χ0v) is 12.4. The van der Waals surface area contributed by atoms with Crippen LogP contribution in [0.15, 0.2) is 30.5 Å². The highest BCUT2D eigenvalue weighted by molar-refractivity contribution is 6.06. The van der Waals surface area contributed by atoms with Gasteiger partial charge in [0.1, 0.15) is 0 Å². The number of hydrogen-bond donors (Lipinski definition) is 2. The normalized spacial score (nSPS) is 12.0. The number of carbonyl (C=O) groups is 2. The highest BCUT2D eigenvalue weighted by atomic mass is 16.2. The first-order chi connectivity index (χ1) is 10.0. The highest BCUT2D eigenvalue weighted by Crippen LogP contribution is 2.25. The molecular weight excluding hydrogens is 266 g/mol. The molecule has 0 aliphatic carbocycles. The molecule has 2 aromatic rings. The van der Waals surface area contributed by atoms with Crippen molar-refractivity contribution in [2.24, 2.45) is 0 Å². The lowest BCUT2D eigenvalue weighted by Gasteiger charge is -2.15. The maximum absolute atomic E-state index is 11.9. The van der Waals surface area contributed by atoms with E-state index in [1.807, 2.05) is 25.1 Å². The number of para-hydroxylation sites is 1. The van der Waals surface area contributed by atoms with Crippen LogP contribution in [0, 0.1) is 0 Å². The van der Waals surface area contributed by atoms with Crippen LogP contribution in [0.4, 0.5) is 0 Å². The fraction of sp³-hybridized carbons (Fsp3) is 0.312. The van der Waals surface area contributed by atoms with Crippen LogP contribution in [-0.2, 0) is 4.79 Å². The summed E-state index contributed by atoms with van der Waals surface area (Å²) in [5.41, 5.74) is 2.43. The number of aromatic nitrogens is 1. The lowest BCUT2D eigenvalue weighted by atomic mass is 9.96. The van der Waals surface area contributed by atoms with Crippen LogP contribution in [0.5, 0.6) is 0 Å². The summed E-state index contributed by atoms with van der Waals surface area (Å²) in [6.45, 7) is 4.07. The van der Waals surface area contributed by atoms with Gasteiger partial charge in [0.15, 0.2) is 0 Å². The third kappa shape index (κ3) is 3.18. The van der Waals surface area contributed by atoms with Gasteiger partial charge in [-0.1, -0.05) is 25.1 Å². The van der Waals surface area contributed by atoms with E-state index in [0.717, 1.165) is 16.5 Å². The van der Waals surface area contributed by atoms with Gasteiger partial charge in [0.2, 0.25) is 5.91 Å². The Labute approximate surface area is 123 Å². The van der Waals surface area contributed by atoms with Gasteiger partial charge in [-0.25, -0.2) is 0 Å². The van der Waals surface area contributed by atoms with Crippen LogP contribution >= 0.6 is 0 Å². The van der Waals surface area contributed by atoms with E-state index in [-0.39, 0.29) is 17.7 Å². The lowest BCUT2D eigenvalue weighted by Crippen LogP contribution is -2.25. The molecule has 110 valence electrons. The fourth-order valence-electron chi connectivity index (χ4n) is 2.34. The van der Waals surface area contributed by atoms with Gasteiger partial charge < -0.3 is 10.6 Å². The van der Waals surface area contributed by atoms with Gasteiger partial charge in [-0.3, -0.25) is 14.6 Å². The number of nitrogens with zero attached hydrogens (tertiary/aromatic N) is 1. The molecule has 5 heteroatoms. The fourth-order valence-corrected chi connectivity index (χ4v) is 2.34. The number of nitrogens with one attached hydrogen (secondary N) is 2. The molecule has 1 heterocycles. The van der Waals surface area contributed by atoms with Gasteiger partial charge in [-0.05, 0) is 11.6 Å². The molecule has 0 saturated carbocycles. The minimum Gasteiger partial charge on any atom is -0.356 e. The molecule has 0 aliphatic rings. The van der Waals surface area contributed by atoms with Crippen molar-refractivity contribution in [2.45, 2.75) is 19.8 Å². The van der Waals surface area contributed by atoms with E-state index in [4.69, 9.17) is 0 Å². The van der Waals surface area contributed by atoms with Gasteiger partial charge in [0.25, 0.3) is 5.91 Å². The van der Waals surface area contributed by atoms with Gasteiger partial charge in [-0.2, -0.15) is 0 Å². The molecule has 0 spiro atoms. The van der Waals surface area contributed by atoms with Crippen molar-refractivity contribution in [3.8, 4) is 0 Å². The molecule has 2 N–H and O–H groups in total. The number of pyridine rings is 1. The molecular formula is C16H19N3O2. The first-order valence-electron chi connectivity index (χ1n) is 6.88. The van der Waals surface area contributed by atoms with Crippen LogP contribution in [0.3, 0.4) is 0 Å². The number of rotatable bonds is 4.